The fourth-order valence-electron chi connectivity index (χ4n) is 7.76. The predicted octanol–water partition coefficient (Wildman–Crippen LogP) is 8.83. The molecule has 0 saturated carbocycles. The van der Waals surface area contributed by atoms with Crippen LogP contribution in [0.2, 0.25) is 5.02 Å². The fourth-order valence-corrected chi connectivity index (χ4v) is 10.9. The van der Waals surface area contributed by atoms with Gasteiger partial charge in [-0.3, -0.25) is 14.7 Å². The summed E-state index contributed by atoms with van der Waals surface area (Å²) in [6.45, 7) is 8.72. The summed E-state index contributed by atoms with van der Waals surface area (Å²) in [7, 11) is -10.9. The third-order valence-corrected chi connectivity index (χ3v) is 15.5. The molecule has 5 aromatic carbocycles. The standard InChI is InChI=1S/C46H48ClF3N6O5S3/c1-32-29-56(33(2)51-32)23-22-38(31-62-40-9-4-3-5-10-40)52-43-21-20-41(28-44(43)63(58,59)46(48,49)50)64(60,61)53-45(57)35-14-18-39(19-15-35)55-26-24-54(25-27-55)30-36-8-6-7-11-42(36)34-12-16-37(47)17-13-34/h3-21,28,32,38,52H,22-27,29-31H2,1-2H3,(H,53,57)/t32?,38-/m1/s1. The Morgan fingerprint density at radius 1 is 0.875 bits per heavy atom. The van der Waals surface area contributed by atoms with Crippen molar-refractivity contribution in [1.82, 2.24) is 14.5 Å². The van der Waals surface area contributed by atoms with Gasteiger partial charge >= 0.3 is 5.51 Å². The molecule has 7 rings (SSSR count). The molecule has 18 heteroatoms. The summed E-state index contributed by atoms with van der Waals surface area (Å²) in [4.78, 5) is 23.2. The molecule has 1 unspecified atom stereocenters. The summed E-state index contributed by atoms with van der Waals surface area (Å²) in [5, 5.41) is 3.66. The number of amides is 1. The lowest BCUT2D eigenvalue weighted by Gasteiger charge is -2.36. The average Bonchev–Trinajstić information content (AvgIpc) is 3.60. The van der Waals surface area contributed by atoms with Gasteiger partial charge in [-0.2, -0.15) is 13.2 Å². The van der Waals surface area contributed by atoms with Crippen LogP contribution < -0.4 is 14.9 Å². The molecular weight excluding hydrogens is 905 g/mol. The maximum atomic E-state index is 14.2. The molecule has 0 spiro atoms. The van der Waals surface area contributed by atoms with Crippen LogP contribution >= 0.6 is 23.4 Å². The summed E-state index contributed by atoms with van der Waals surface area (Å²) >= 11 is 7.55. The fraction of sp³-hybridized carbons (Fsp3) is 0.304. The Bertz CT molecular complexity index is 2680. The second-order valence-corrected chi connectivity index (χ2v) is 20.9. The van der Waals surface area contributed by atoms with Gasteiger partial charge in [-0.1, -0.05) is 66.2 Å². The molecule has 0 aliphatic carbocycles. The normalized spacial score (nSPS) is 16.7. The Morgan fingerprint density at radius 2 is 1.55 bits per heavy atom. The van der Waals surface area contributed by atoms with Crippen LogP contribution in [0.3, 0.4) is 0 Å². The number of halogens is 4. The zero-order valence-electron chi connectivity index (χ0n) is 35.1. The number of sulfone groups is 1. The van der Waals surface area contributed by atoms with Crippen molar-refractivity contribution < 1.29 is 34.8 Å². The predicted molar refractivity (Wildman–Crippen MR) is 248 cm³/mol. The summed E-state index contributed by atoms with van der Waals surface area (Å²) in [6, 6.07) is 33.6. The van der Waals surface area contributed by atoms with E-state index < -0.39 is 52.8 Å². The van der Waals surface area contributed by atoms with E-state index in [0.717, 1.165) is 59.3 Å². The van der Waals surface area contributed by atoms with Crippen molar-refractivity contribution in [2.24, 2.45) is 4.99 Å². The minimum Gasteiger partial charge on any atom is -0.380 e. The molecule has 64 heavy (non-hydrogen) atoms. The third-order valence-electron chi connectivity index (χ3n) is 11.2. The largest absolute Gasteiger partial charge is 0.501 e. The van der Waals surface area contributed by atoms with Gasteiger partial charge in [0.2, 0.25) is 0 Å². The molecule has 2 aliphatic heterocycles. The van der Waals surface area contributed by atoms with Crippen LogP contribution in [-0.2, 0) is 26.4 Å². The van der Waals surface area contributed by atoms with E-state index in [4.69, 9.17) is 11.6 Å². The van der Waals surface area contributed by atoms with E-state index >= 15 is 0 Å². The van der Waals surface area contributed by atoms with Crippen LogP contribution in [0.25, 0.3) is 11.1 Å². The number of aliphatic imine (C=N–C) groups is 1. The summed E-state index contributed by atoms with van der Waals surface area (Å²) in [5.41, 5.74) is -1.94. The van der Waals surface area contributed by atoms with Gasteiger partial charge in [-0.15, -0.1) is 11.8 Å². The van der Waals surface area contributed by atoms with Gasteiger partial charge in [0.05, 0.1) is 22.5 Å². The number of benzene rings is 5. The van der Waals surface area contributed by atoms with Crippen molar-refractivity contribution in [1.29, 1.82) is 0 Å². The van der Waals surface area contributed by atoms with Crippen LogP contribution in [0.15, 0.2) is 141 Å². The molecule has 0 bridgehead atoms. The Kier molecular flexibility index (Phi) is 14.6. The molecular formula is C46H48ClF3N6O5S3. The van der Waals surface area contributed by atoms with E-state index in [1.54, 1.807) is 12.1 Å². The number of carbonyl (C=O) groups excluding carboxylic acids is 1. The first kappa shape index (κ1) is 46.9. The first-order valence-corrected chi connectivity index (χ1v) is 25.0. The van der Waals surface area contributed by atoms with Crippen molar-refractivity contribution in [2.45, 2.75) is 59.1 Å². The van der Waals surface area contributed by atoms with Crippen molar-refractivity contribution in [3.8, 4) is 11.1 Å². The van der Waals surface area contributed by atoms with Crippen LogP contribution in [0, 0.1) is 0 Å². The number of nitrogens with zero attached hydrogens (tertiary/aromatic N) is 4. The van der Waals surface area contributed by atoms with E-state index in [0.29, 0.717) is 49.4 Å². The van der Waals surface area contributed by atoms with Crippen LogP contribution in [0.1, 0.15) is 36.2 Å². The molecule has 338 valence electrons. The van der Waals surface area contributed by atoms with E-state index in [2.05, 4.69) is 37.1 Å². The quantitative estimate of drug-likeness (QED) is 0.0926. The second kappa shape index (κ2) is 20.0. The van der Waals surface area contributed by atoms with E-state index in [1.807, 2.05) is 85.3 Å². The van der Waals surface area contributed by atoms with Crippen molar-refractivity contribution in [3.05, 3.63) is 137 Å². The van der Waals surface area contributed by atoms with Gasteiger partial charge in [-0.25, -0.2) is 21.6 Å². The summed E-state index contributed by atoms with van der Waals surface area (Å²) in [5.74, 6) is 0.140. The number of rotatable bonds is 16. The smallest absolute Gasteiger partial charge is 0.380 e. The minimum atomic E-state index is -6.07. The molecule has 11 nitrogen and oxygen atoms in total. The highest BCUT2D eigenvalue weighted by Crippen LogP contribution is 2.37. The molecule has 1 saturated heterocycles. The second-order valence-electron chi connectivity index (χ2n) is 15.7. The molecule has 0 radical (unpaired) electrons. The maximum absolute atomic E-state index is 14.2. The molecule has 1 amide bonds. The molecule has 2 atom stereocenters. The van der Waals surface area contributed by atoms with Crippen molar-refractivity contribution >= 4 is 66.3 Å². The number of anilines is 2. The lowest BCUT2D eigenvalue weighted by Crippen LogP contribution is -2.46. The van der Waals surface area contributed by atoms with Crippen molar-refractivity contribution in [3.63, 3.8) is 0 Å². The molecule has 0 aromatic heterocycles. The number of piperazine rings is 1. The number of thioether (sulfide) groups is 1. The summed E-state index contributed by atoms with van der Waals surface area (Å²) < 4.78 is 97.7. The Hall–Kier alpha value is -5.07. The Morgan fingerprint density at radius 3 is 2.20 bits per heavy atom. The van der Waals surface area contributed by atoms with Gasteiger partial charge in [0.15, 0.2) is 0 Å². The molecule has 2 heterocycles. The maximum Gasteiger partial charge on any atom is 0.501 e. The molecule has 1 fully saturated rings. The van der Waals surface area contributed by atoms with Gasteiger partial charge in [0, 0.05) is 78.8 Å². The van der Waals surface area contributed by atoms with E-state index in [1.165, 1.54) is 29.5 Å². The minimum absolute atomic E-state index is 0.0161. The first-order valence-electron chi connectivity index (χ1n) is 20.6. The van der Waals surface area contributed by atoms with Crippen LogP contribution in [0.5, 0.6) is 0 Å². The highest BCUT2D eigenvalue weighted by atomic mass is 35.5. The number of nitrogens with one attached hydrogen (secondary N) is 2. The zero-order valence-corrected chi connectivity index (χ0v) is 38.3. The number of carbonyl (C=O) groups is 1. The number of sulfonamides is 1. The van der Waals surface area contributed by atoms with Crippen LogP contribution in [-0.4, -0.2) is 101 Å². The Labute approximate surface area is 381 Å². The molecule has 2 aliphatic rings. The average molecular weight is 954 g/mol. The number of hydrogen-bond acceptors (Lipinski definition) is 11. The van der Waals surface area contributed by atoms with Gasteiger partial charge in [0.1, 0.15) is 4.90 Å². The Balaban J connectivity index is 1.02. The highest BCUT2D eigenvalue weighted by molar-refractivity contribution is 7.99. The summed E-state index contributed by atoms with van der Waals surface area (Å²) in [6.07, 6.45) is 0.400. The van der Waals surface area contributed by atoms with Gasteiger partial charge in [0.25, 0.3) is 25.8 Å². The molecule has 5 aromatic rings. The molecule has 2 N–H and O–H groups in total. The zero-order chi connectivity index (χ0) is 45.6. The monoisotopic (exact) mass is 952 g/mol. The highest BCUT2D eigenvalue weighted by Gasteiger charge is 2.48. The van der Waals surface area contributed by atoms with Gasteiger partial charge in [-0.05, 0) is 104 Å². The van der Waals surface area contributed by atoms with Crippen molar-refractivity contribution in [2.75, 3.05) is 55.2 Å². The van der Waals surface area contributed by atoms with E-state index in [9.17, 15) is 34.8 Å². The topological polar surface area (TPSA) is 131 Å². The lowest BCUT2D eigenvalue weighted by molar-refractivity contribution is -0.0435. The number of alkyl halides is 3. The lowest BCUT2D eigenvalue weighted by atomic mass is 9.99. The van der Waals surface area contributed by atoms with E-state index in [-0.39, 0.29) is 11.6 Å². The number of hydrogen-bond donors (Lipinski definition) is 2. The van der Waals surface area contributed by atoms with Gasteiger partial charge < -0.3 is 15.1 Å². The van der Waals surface area contributed by atoms with Crippen LogP contribution in [0.4, 0.5) is 24.5 Å². The first-order chi connectivity index (χ1) is 30.5. The number of amidine groups is 1. The SMILES string of the molecule is CC1=NC(C)CN1CC[C@H](CSc1ccccc1)Nc1ccc(S(=O)(=O)NC(=O)c2ccc(N3CCN(Cc4ccccc4-c4ccc(Cl)cc4)CC3)cc2)cc1S(=O)(=O)C(F)(F)F. The third kappa shape index (κ3) is 11.4.